The van der Waals surface area contributed by atoms with Gasteiger partial charge in [-0.2, -0.15) is 0 Å². The first kappa shape index (κ1) is 14.4. The molecule has 0 bridgehead atoms. The quantitative estimate of drug-likeness (QED) is 0.524. The molecule has 0 heterocycles. The Balaban J connectivity index is 3.70. The molecule has 0 aromatic carbocycles. The summed E-state index contributed by atoms with van der Waals surface area (Å²) in [5.74, 6) is -2.24. The summed E-state index contributed by atoms with van der Waals surface area (Å²) in [6.07, 6.45) is -0.559. The highest BCUT2D eigenvalue weighted by molar-refractivity contribution is 5.93. The van der Waals surface area contributed by atoms with E-state index in [9.17, 15) is 14.4 Å². The topological polar surface area (TPSA) is 92.7 Å². The summed E-state index contributed by atoms with van der Waals surface area (Å²) in [4.78, 5) is 32.2. The minimum absolute atomic E-state index is 0.0304. The van der Waals surface area contributed by atoms with Crippen molar-refractivity contribution >= 4 is 17.8 Å². The number of esters is 1. The molecule has 0 atom stereocenters. The van der Waals surface area contributed by atoms with Crippen LogP contribution in [0.3, 0.4) is 0 Å². The van der Waals surface area contributed by atoms with Crippen LogP contribution in [0.15, 0.2) is 0 Å². The average molecular weight is 231 g/mol. The van der Waals surface area contributed by atoms with Crippen molar-refractivity contribution < 1.29 is 24.2 Å². The molecule has 0 aromatic rings. The zero-order valence-electron chi connectivity index (χ0n) is 9.70. The van der Waals surface area contributed by atoms with Crippen LogP contribution >= 0.6 is 0 Å². The molecule has 0 aliphatic carbocycles. The normalized spacial score (nSPS) is 10.7. The van der Waals surface area contributed by atoms with Gasteiger partial charge in [-0.05, 0) is 20.8 Å². The van der Waals surface area contributed by atoms with Crippen molar-refractivity contribution in [3.8, 4) is 0 Å². The predicted molar refractivity (Wildman–Crippen MR) is 55.7 cm³/mol. The molecular weight excluding hydrogens is 214 g/mol. The molecule has 0 fully saturated rings. The van der Waals surface area contributed by atoms with Gasteiger partial charge < -0.3 is 15.2 Å². The van der Waals surface area contributed by atoms with Gasteiger partial charge in [0.1, 0.15) is 12.0 Å². The molecule has 0 aromatic heterocycles. The molecule has 0 aliphatic rings. The lowest BCUT2D eigenvalue weighted by Crippen LogP contribution is -2.30. The maximum absolute atomic E-state index is 11.2. The number of carbonyl (C=O) groups is 3. The van der Waals surface area contributed by atoms with Crippen LogP contribution < -0.4 is 5.32 Å². The SMILES string of the molecule is CC(C)(C)OC(=O)CCNC(=O)CC(=O)O. The van der Waals surface area contributed by atoms with Crippen LogP contribution in [0.2, 0.25) is 0 Å². The fraction of sp³-hybridized carbons (Fsp3) is 0.700. The molecule has 0 unspecified atom stereocenters. The van der Waals surface area contributed by atoms with Crippen LogP contribution in [0.25, 0.3) is 0 Å². The third kappa shape index (κ3) is 8.98. The lowest BCUT2D eigenvalue weighted by molar-refractivity contribution is -0.154. The summed E-state index contributed by atoms with van der Waals surface area (Å²) in [6.45, 7) is 5.32. The van der Waals surface area contributed by atoms with Gasteiger partial charge in [0, 0.05) is 6.54 Å². The van der Waals surface area contributed by atoms with Gasteiger partial charge in [0.05, 0.1) is 6.42 Å². The smallest absolute Gasteiger partial charge is 0.312 e. The number of amides is 1. The minimum atomic E-state index is -1.20. The van der Waals surface area contributed by atoms with E-state index in [0.29, 0.717) is 0 Å². The van der Waals surface area contributed by atoms with Crippen molar-refractivity contribution in [2.45, 2.75) is 39.2 Å². The van der Waals surface area contributed by atoms with Crippen molar-refractivity contribution in [3.05, 3.63) is 0 Å². The van der Waals surface area contributed by atoms with E-state index in [1.54, 1.807) is 20.8 Å². The third-order valence-corrected chi connectivity index (χ3v) is 1.38. The largest absolute Gasteiger partial charge is 0.481 e. The Morgan fingerprint density at radius 2 is 1.81 bits per heavy atom. The van der Waals surface area contributed by atoms with Crippen molar-refractivity contribution in [2.24, 2.45) is 0 Å². The fourth-order valence-electron chi connectivity index (χ4n) is 0.896. The molecule has 2 N–H and O–H groups in total. The van der Waals surface area contributed by atoms with Gasteiger partial charge in [-0.1, -0.05) is 0 Å². The van der Waals surface area contributed by atoms with Crippen LogP contribution in [-0.2, 0) is 19.1 Å². The number of ether oxygens (including phenoxy) is 1. The number of hydrogen-bond donors (Lipinski definition) is 2. The molecule has 0 saturated carbocycles. The molecule has 6 heteroatoms. The van der Waals surface area contributed by atoms with E-state index in [1.165, 1.54) is 0 Å². The Hall–Kier alpha value is -1.59. The van der Waals surface area contributed by atoms with Crippen LogP contribution in [0, 0.1) is 0 Å². The first-order chi connectivity index (χ1) is 7.20. The Bertz CT molecular complexity index is 279. The Kier molecular flexibility index (Phi) is 5.49. The maximum Gasteiger partial charge on any atom is 0.312 e. The van der Waals surface area contributed by atoms with Gasteiger partial charge in [-0.3, -0.25) is 14.4 Å². The Morgan fingerprint density at radius 3 is 2.25 bits per heavy atom. The summed E-state index contributed by atoms with van der Waals surface area (Å²) in [6, 6.07) is 0. The van der Waals surface area contributed by atoms with Crippen molar-refractivity contribution in [3.63, 3.8) is 0 Å². The van der Waals surface area contributed by atoms with E-state index in [2.05, 4.69) is 5.32 Å². The molecule has 6 nitrogen and oxygen atoms in total. The number of hydrogen-bond acceptors (Lipinski definition) is 4. The summed E-state index contributed by atoms with van der Waals surface area (Å²) in [5, 5.41) is 10.6. The molecule has 1 amide bonds. The Labute approximate surface area is 94.0 Å². The Morgan fingerprint density at radius 1 is 1.25 bits per heavy atom. The highest BCUT2D eigenvalue weighted by Crippen LogP contribution is 2.07. The highest BCUT2D eigenvalue weighted by atomic mass is 16.6. The number of carbonyl (C=O) groups excluding carboxylic acids is 2. The van der Waals surface area contributed by atoms with Crippen molar-refractivity contribution in [2.75, 3.05) is 6.54 Å². The van der Waals surface area contributed by atoms with Crippen LogP contribution in [-0.4, -0.2) is 35.1 Å². The van der Waals surface area contributed by atoms with Crippen molar-refractivity contribution in [1.82, 2.24) is 5.32 Å². The second-order valence-corrected chi connectivity index (χ2v) is 4.26. The molecule has 0 saturated heterocycles. The molecule has 92 valence electrons. The number of nitrogens with one attached hydrogen (secondary N) is 1. The third-order valence-electron chi connectivity index (χ3n) is 1.38. The number of aliphatic carboxylic acids is 1. The first-order valence-electron chi connectivity index (χ1n) is 4.91. The van der Waals surface area contributed by atoms with Gasteiger partial charge in [0.15, 0.2) is 0 Å². The average Bonchev–Trinajstić information content (AvgIpc) is 1.98. The van der Waals surface area contributed by atoms with E-state index in [4.69, 9.17) is 9.84 Å². The zero-order valence-corrected chi connectivity index (χ0v) is 9.70. The van der Waals surface area contributed by atoms with Gasteiger partial charge >= 0.3 is 11.9 Å². The number of rotatable bonds is 5. The zero-order chi connectivity index (χ0) is 12.8. The summed E-state index contributed by atoms with van der Waals surface area (Å²) < 4.78 is 4.99. The summed E-state index contributed by atoms with van der Waals surface area (Å²) in [5.41, 5.74) is -0.553. The van der Waals surface area contributed by atoms with Crippen LogP contribution in [0.5, 0.6) is 0 Å². The molecule has 16 heavy (non-hydrogen) atoms. The van der Waals surface area contributed by atoms with E-state index >= 15 is 0 Å². The van der Waals surface area contributed by atoms with Crippen LogP contribution in [0.1, 0.15) is 33.6 Å². The van der Waals surface area contributed by atoms with E-state index < -0.39 is 29.9 Å². The lowest BCUT2D eigenvalue weighted by Gasteiger charge is -2.19. The summed E-state index contributed by atoms with van der Waals surface area (Å²) >= 11 is 0. The predicted octanol–water partition coefficient (Wildman–Crippen LogP) is 0.309. The standard InChI is InChI=1S/C10H17NO5/c1-10(2,3)16-9(15)4-5-11-7(12)6-8(13)14/h4-6H2,1-3H3,(H,11,12)(H,13,14). The number of carboxylic acid groups (broad SMARTS) is 1. The highest BCUT2D eigenvalue weighted by Gasteiger charge is 2.16. The fourth-order valence-corrected chi connectivity index (χ4v) is 0.896. The van der Waals surface area contributed by atoms with E-state index in [-0.39, 0.29) is 13.0 Å². The van der Waals surface area contributed by atoms with Gasteiger partial charge in [0.25, 0.3) is 0 Å². The molecule has 0 rings (SSSR count). The molecule has 0 aliphatic heterocycles. The van der Waals surface area contributed by atoms with Gasteiger partial charge in [0.2, 0.25) is 5.91 Å². The second-order valence-electron chi connectivity index (χ2n) is 4.26. The number of carboxylic acids is 1. The van der Waals surface area contributed by atoms with E-state index in [1.807, 2.05) is 0 Å². The van der Waals surface area contributed by atoms with Gasteiger partial charge in [-0.15, -0.1) is 0 Å². The maximum atomic E-state index is 11.2. The molecular formula is C10H17NO5. The lowest BCUT2D eigenvalue weighted by atomic mass is 10.2. The monoisotopic (exact) mass is 231 g/mol. The van der Waals surface area contributed by atoms with Crippen LogP contribution in [0.4, 0.5) is 0 Å². The summed E-state index contributed by atoms with van der Waals surface area (Å²) in [7, 11) is 0. The van der Waals surface area contributed by atoms with E-state index in [0.717, 1.165) is 0 Å². The van der Waals surface area contributed by atoms with Gasteiger partial charge in [-0.25, -0.2) is 0 Å². The van der Waals surface area contributed by atoms with Crippen molar-refractivity contribution in [1.29, 1.82) is 0 Å². The minimum Gasteiger partial charge on any atom is -0.481 e. The second kappa shape index (κ2) is 6.09. The molecule has 0 radical (unpaired) electrons. The first-order valence-corrected chi connectivity index (χ1v) is 4.91. The molecule has 0 spiro atoms.